The Labute approximate surface area is 98.7 Å². The van der Waals surface area contributed by atoms with Gasteiger partial charge in [-0.2, -0.15) is 13.2 Å². The normalized spacial score (nSPS) is 13.6. The smallest absolute Gasteiger partial charge is 0.379 e. The largest absolute Gasteiger partial charge is 0.389 e. The highest BCUT2D eigenvalue weighted by Crippen LogP contribution is 2.20. The van der Waals surface area contributed by atoms with Gasteiger partial charge in [0.2, 0.25) is 5.91 Å². The SMILES string of the molecule is CCCNC(COCCCC(F)(F)F)C(N)=O. The van der Waals surface area contributed by atoms with Crippen LogP contribution in [0.1, 0.15) is 26.2 Å². The van der Waals surface area contributed by atoms with E-state index in [0.717, 1.165) is 6.42 Å². The lowest BCUT2D eigenvalue weighted by Gasteiger charge is -2.15. The zero-order valence-electron chi connectivity index (χ0n) is 9.85. The fourth-order valence-corrected chi connectivity index (χ4v) is 1.14. The summed E-state index contributed by atoms with van der Waals surface area (Å²) in [6.45, 7) is 2.51. The highest BCUT2D eigenvalue weighted by molar-refractivity contribution is 5.79. The first-order chi connectivity index (χ1) is 7.87. The molecule has 0 aliphatic heterocycles. The summed E-state index contributed by atoms with van der Waals surface area (Å²) in [4.78, 5) is 10.9. The lowest BCUT2D eigenvalue weighted by atomic mass is 10.3. The van der Waals surface area contributed by atoms with Crippen LogP contribution in [0.25, 0.3) is 0 Å². The zero-order chi connectivity index (χ0) is 13.3. The summed E-state index contributed by atoms with van der Waals surface area (Å²) < 4.78 is 40.4. The minimum atomic E-state index is -4.16. The van der Waals surface area contributed by atoms with Gasteiger partial charge in [-0.3, -0.25) is 4.79 Å². The molecule has 0 fully saturated rings. The quantitative estimate of drug-likeness (QED) is 0.609. The summed E-state index contributed by atoms with van der Waals surface area (Å²) in [5.74, 6) is -0.561. The van der Waals surface area contributed by atoms with Gasteiger partial charge in [-0.05, 0) is 19.4 Å². The summed E-state index contributed by atoms with van der Waals surface area (Å²) in [5, 5.41) is 2.85. The van der Waals surface area contributed by atoms with Crippen molar-refractivity contribution >= 4 is 5.91 Å². The summed E-state index contributed by atoms with van der Waals surface area (Å²) >= 11 is 0. The number of alkyl halides is 3. The summed E-state index contributed by atoms with van der Waals surface area (Å²) in [7, 11) is 0. The van der Waals surface area contributed by atoms with E-state index < -0.39 is 24.5 Å². The van der Waals surface area contributed by atoms with E-state index in [2.05, 4.69) is 5.32 Å². The number of carbonyl (C=O) groups excluding carboxylic acids is 1. The molecule has 1 amide bonds. The van der Waals surface area contributed by atoms with Crippen LogP contribution in [-0.4, -0.2) is 37.9 Å². The van der Waals surface area contributed by atoms with Gasteiger partial charge < -0.3 is 15.8 Å². The second-order valence-electron chi connectivity index (χ2n) is 3.70. The van der Waals surface area contributed by atoms with E-state index in [1.165, 1.54) is 0 Å². The molecule has 0 saturated heterocycles. The maximum atomic E-state index is 11.8. The number of ether oxygens (including phenoxy) is 1. The van der Waals surface area contributed by atoms with Crippen LogP contribution in [0, 0.1) is 0 Å². The Bertz CT molecular complexity index is 222. The fourth-order valence-electron chi connectivity index (χ4n) is 1.14. The molecule has 0 aliphatic rings. The number of carbonyl (C=O) groups is 1. The van der Waals surface area contributed by atoms with Gasteiger partial charge in [0, 0.05) is 13.0 Å². The molecule has 17 heavy (non-hydrogen) atoms. The molecular weight excluding hydrogens is 237 g/mol. The number of hydrogen-bond acceptors (Lipinski definition) is 3. The van der Waals surface area contributed by atoms with E-state index in [9.17, 15) is 18.0 Å². The van der Waals surface area contributed by atoms with Gasteiger partial charge in [-0.15, -0.1) is 0 Å². The van der Waals surface area contributed by atoms with E-state index in [4.69, 9.17) is 10.5 Å². The molecule has 0 rings (SSSR count). The van der Waals surface area contributed by atoms with Crippen LogP contribution in [0.15, 0.2) is 0 Å². The molecule has 7 heteroatoms. The maximum Gasteiger partial charge on any atom is 0.389 e. The van der Waals surface area contributed by atoms with Gasteiger partial charge in [-0.1, -0.05) is 6.92 Å². The second-order valence-corrected chi connectivity index (χ2v) is 3.70. The van der Waals surface area contributed by atoms with Crippen LogP contribution in [0.5, 0.6) is 0 Å². The van der Waals surface area contributed by atoms with Crippen molar-refractivity contribution in [1.82, 2.24) is 5.32 Å². The Morgan fingerprint density at radius 2 is 2.12 bits per heavy atom. The average Bonchev–Trinajstić information content (AvgIpc) is 2.20. The number of primary amides is 1. The molecule has 0 aromatic heterocycles. The predicted molar refractivity (Wildman–Crippen MR) is 57.4 cm³/mol. The van der Waals surface area contributed by atoms with Crippen molar-refractivity contribution in [2.24, 2.45) is 5.73 Å². The first-order valence-electron chi connectivity index (χ1n) is 5.54. The molecule has 0 heterocycles. The van der Waals surface area contributed by atoms with Gasteiger partial charge >= 0.3 is 6.18 Å². The van der Waals surface area contributed by atoms with Crippen molar-refractivity contribution in [3.8, 4) is 0 Å². The number of halogens is 3. The molecule has 102 valence electrons. The average molecular weight is 256 g/mol. The van der Waals surface area contributed by atoms with E-state index in [0.29, 0.717) is 6.54 Å². The molecule has 0 aromatic carbocycles. The predicted octanol–water partition coefficient (Wildman–Crippen LogP) is 1.20. The second kappa shape index (κ2) is 8.30. The molecule has 0 aromatic rings. The Balaban J connectivity index is 3.65. The standard InChI is InChI=1S/C10H19F3N2O2/c1-2-5-15-8(9(14)16)7-17-6-3-4-10(11,12)13/h8,15H,2-7H2,1H3,(H2,14,16). The van der Waals surface area contributed by atoms with Crippen molar-refractivity contribution in [1.29, 1.82) is 0 Å². The number of nitrogens with one attached hydrogen (secondary N) is 1. The van der Waals surface area contributed by atoms with Gasteiger partial charge in [-0.25, -0.2) is 0 Å². The third-order valence-electron chi connectivity index (χ3n) is 2.02. The fraction of sp³-hybridized carbons (Fsp3) is 0.900. The minimum absolute atomic E-state index is 0.00713. The number of hydrogen-bond donors (Lipinski definition) is 2. The lowest BCUT2D eigenvalue weighted by molar-refractivity contribution is -0.138. The number of nitrogens with two attached hydrogens (primary N) is 1. The third kappa shape index (κ3) is 10.1. The molecular formula is C10H19F3N2O2. The molecule has 0 radical (unpaired) electrons. The Morgan fingerprint density at radius 3 is 2.59 bits per heavy atom. The van der Waals surface area contributed by atoms with Crippen LogP contribution in [0.4, 0.5) is 13.2 Å². The number of amides is 1. The van der Waals surface area contributed by atoms with Gasteiger partial charge in [0.15, 0.2) is 0 Å². The van der Waals surface area contributed by atoms with Crippen LogP contribution in [0.3, 0.4) is 0 Å². The summed E-state index contributed by atoms with van der Waals surface area (Å²) in [6.07, 6.45) is -4.32. The first kappa shape index (κ1) is 16.2. The highest BCUT2D eigenvalue weighted by atomic mass is 19.4. The molecule has 3 N–H and O–H groups in total. The Morgan fingerprint density at radius 1 is 1.47 bits per heavy atom. The maximum absolute atomic E-state index is 11.8. The van der Waals surface area contributed by atoms with Crippen molar-refractivity contribution in [3.05, 3.63) is 0 Å². The summed E-state index contributed by atoms with van der Waals surface area (Å²) in [5.41, 5.74) is 5.10. The Kier molecular flexibility index (Phi) is 7.90. The number of rotatable bonds is 9. The van der Waals surface area contributed by atoms with E-state index in [1.54, 1.807) is 0 Å². The van der Waals surface area contributed by atoms with Crippen LogP contribution < -0.4 is 11.1 Å². The topological polar surface area (TPSA) is 64.3 Å². The monoisotopic (exact) mass is 256 g/mol. The van der Waals surface area contributed by atoms with Crippen molar-refractivity contribution < 1.29 is 22.7 Å². The highest BCUT2D eigenvalue weighted by Gasteiger charge is 2.26. The lowest BCUT2D eigenvalue weighted by Crippen LogP contribution is -2.45. The van der Waals surface area contributed by atoms with Gasteiger partial charge in [0.05, 0.1) is 6.61 Å². The molecule has 0 aliphatic carbocycles. The van der Waals surface area contributed by atoms with E-state index in [-0.39, 0.29) is 19.6 Å². The molecule has 0 bridgehead atoms. The molecule has 0 saturated carbocycles. The molecule has 1 unspecified atom stereocenters. The van der Waals surface area contributed by atoms with Crippen molar-refractivity contribution in [3.63, 3.8) is 0 Å². The van der Waals surface area contributed by atoms with Crippen LogP contribution in [0.2, 0.25) is 0 Å². The zero-order valence-corrected chi connectivity index (χ0v) is 9.85. The molecule has 4 nitrogen and oxygen atoms in total. The van der Waals surface area contributed by atoms with Crippen LogP contribution >= 0.6 is 0 Å². The third-order valence-corrected chi connectivity index (χ3v) is 2.02. The van der Waals surface area contributed by atoms with Crippen LogP contribution in [-0.2, 0) is 9.53 Å². The van der Waals surface area contributed by atoms with E-state index >= 15 is 0 Å². The minimum Gasteiger partial charge on any atom is -0.379 e. The molecule has 1 atom stereocenters. The Hall–Kier alpha value is -0.820. The van der Waals surface area contributed by atoms with Crippen molar-refractivity contribution in [2.45, 2.75) is 38.4 Å². The van der Waals surface area contributed by atoms with Gasteiger partial charge in [0.25, 0.3) is 0 Å². The van der Waals surface area contributed by atoms with E-state index in [1.807, 2.05) is 6.92 Å². The molecule has 0 spiro atoms. The first-order valence-corrected chi connectivity index (χ1v) is 5.54. The van der Waals surface area contributed by atoms with Gasteiger partial charge in [0.1, 0.15) is 6.04 Å². The summed E-state index contributed by atoms with van der Waals surface area (Å²) in [6, 6.07) is -0.638. The van der Waals surface area contributed by atoms with Crippen molar-refractivity contribution in [2.75, 3.05) is 19.8 Å².